The molecule has 5 heteroatoms. The minimum atomic E-state index is -0.683. The molecule has 2 aromatic rings. The van der Waals surface area contributed by atoms with Crippen LogP contribution in [-0.2, 0) is 12.8 Å². The lowest BCUT2D eigenvalue weighted by atomic mass is 9.87. The van der Waals surface area contributed by atoms with E-state index in [1.54, 1.807) is 0 Å². The highest BCUT2D eigenvalue weighted by Gasteiger charge is 2.28. The van der Waals surface area contributed by atoms with Crippen molar-refractivity contribution in [1.82, 2.24) is 0 Å². The first kappa shape index (κ1) is 21.5. The fraction of sp³-hybridized carbons (Fsp3) is 0.455. The molecular formula is C22H30ClNO3. The van der Waals surface area contributed by atoms with Crippen LogP contribution in [0.15, 0.2) is 48.5 Å². The molecule has 1 aliphatic rings. The molecule has 0 bridgehead atoms. The second kappa shape index (κ2) is 10.5. The zero-order valence-corrected chi connectivity index (χ0v) is 16.7. The van der Waals surface area contributed by atoms with Crippen LogP contribution in [0.2, 0.25) is 0 Å². The van der Waals surface area contributed by atoms with Crippen LogP contribution in [0.4, 0.5) is 0 Å². The normalized spacial score (nSPS) is 18.4. The molecule has 3 N–H and O–H groups in total. The van der Waals surface area contributed by atoms with Gasteiger partial charge in [-0.05, 0) is 73.9 Å². The second-order valence-corrected chi connectivity index (χ2v) is 6.99. The zero-order valence-electron chi connectivity index (χ0n) is 15.8. The van der Waals surface area contributed by atoms with Gasteiger partial charge in [-0.2, -0.15) is 0 Å². The number of aliphatic hydroxyl groups is 1. The molecule has 0 radical (unpaired) electrons. The van der Waals surface area contributed by atoms with E-state index in [4.69, 9.17) is 15.2 Å². The van der Waals surface area contributed by atoms with Gasteiger partial charge in [-0.1, -0.05) is 24.3 Å². The Morgan fingerprint density at radius 1 is 1.07 bits per heavy atom. The third-order valence-electron chi connectivity index (χ3n) is 5.14. The molecule has 0 heterocycles. The molecule has 0 amide bonds. The van der Waals surface area contributed by atoms with Gasteiger partial charge in [0.2, 0.25) is 0 Å². The topological polar surface area (TPSA) is 64.7 Å². The summed E-state index contributed by atoms with van der Waals surface area (Å²) in [7, 11) is 0. The van der Waals surface area contributed by atoms with E-state index in [1.807, 2.05) is 43.3 Å². The summed E-state index contributed by atoms with van der Waals surface area (Å²) in [6.45, 7) is 2.87. The molecule has 2 aromatic carbocycles. The number of para-hydroxylation sites is 1. The van der Waals surface area contributed by atoms with Crippen LogP contribution < -0.4 is 15.2 Å². The predicted molar refractivity (Wildman–Crippen MR) is 111 cm³/mol. The number of hydrogen-bond acceptors (Lipinski definition) is 4. The fourth-order valence-corrected chi connectivity index (χ4v) is 3.68. The SMILES string of the molecule is CCOc1ccc2c(c1)CC(C(N)[C@H](O)COc1ccccc1)CCC2.Cl. The smallest absolute Gasteiger partial charge is 0.119 e. The lowest BCUT2D eigenvalue weighted by Crippen LogP contribution is -2.45. The number of aryl methyl sites for hydroxylation is 1. The minimum absolute atomic E-state index is 0. The maximum atomic E-state index is 10.5. The lowest BCUT2D eigenvalue weighted by Gasteiger charge is -2.27. The van der Waals surface area contributed by atoms with Gasteiger partial charge in [0, 0.05) is 6.04 Å². The molecule has 3 atom stereocenters. The zero-order chi connectivity index (χ0) is 18.4. The van der Waals surface area contributed by atoms with Gasteiger partial charge in [0.15, 0.2) is 0 Å². The number of ether oxygens (including phenoxy) is 2. The summed E-state index contributed by atoms with van der Waals surface area (Å²) in [6, 6.07) is 15.6. The van der Waals surface area contributed by atoms with Crippen molar-refractivity contribution in [2.24, 2.45) is 11.7 Å². The summed E-state index contributed by atoms with van der Waals surface area (Å²) >= 11 is 0. The predicted octanol–water partition coefficient (Wildman–Crippen LogP) is 3.77. The van der Waals surface area contributed by atoms with Gasteiger partial charge in [-0.3, -0.25) is 0 Å². The molecule has 4 nitrogen and oxygen atoms in total. The van der Waals surface area contributed by atoms with E-state index < -0.39 is 6.10 Å². The van der Waals surface area contributed by atoms with E-state index in [2.05, 4.69) is 12.1 Å². The highest BCUT2D eigenvalue weighted by atomic mass is 35.5. The summed E-state index contributed by atoms with van der Waals surface area (Å²) in [5.74, 6) is 1.90. The minimum Gasteiger partial charge on any atom is -0.494 e. The first-order chi connectivity index (χ1) is 12.7. The number of aliphatic hydroxyl groups excluding tert-OH is 1. The molecule has 148 valence electrons. The molecule has 1 aliphatic carbocycles. The summed E-state index contributed by atoms with van der Waals surface area (Å²) in [4.78, 5) is 0. The van der Waals surface area contributed by atoms with Gasteiger partial charge < -0.3 is 20.3 Å². The van der Waals surface area contributed by atoms with Crippen molar-refractivity contribution in [1.29, 1.82) is 0 Å². The highest BCUT2D eigenvalue weighted by molar-refractivity contribution is 5.85. The molecule has 27 heavy (non-hydrogen) atoms. The largest absolute Gasteiger partial charge is 0.494 e. The summed E-state index contributed by atoms with van der Waals surface area (Å²) < 4.78 is 11.3. The average molecular weight is 392 g/mol. The van der Waals surface area contributed by atoms with Crippen LogP contribution >= 0.6 is 12.4 Å². The Morgan fingerprint density at radius 2 is 1.85 bits per heavy atom. The molecule has 0 saturated carbocycles. The van der Waals surface area contributed by atoms with Crippen LogP contribution in [0.25, 0.3) is 0 Å². The van der Waals surface area contributed by atoms with Gasteiger partial charge in [0.1, 0.15) is 24.2 Å². The van der Waals surface area contributed by atoms with Crippen LogP contribution in [0.3, 0.4) is 0 Å². The van der Waals surface area contributed by atoms with Crippen molar-refractivity contribution in [3.63, 3.8) is 0 Å². The number of hydrogen-bond donors (Lipinski definition) is 2. The van der Waals surface area contributed by atoms with Crippen LogP contribution in [0.5, 0.6) is 11.5 Å². The first-order valence-electron chi connectivity index (χ1n) is 9.53. The number of fused-ring (bicyclic) bond motifs is 1. The molecule has 0 fully saturated rings. The molecule has 0 aliphatic heterocycles. The van der Waals surface area contributed by atoms with E-state index in [0.717, 1.165) is 37.2 Å². The number of benzene rings is 2. The molecule has 3 rings (SSSR count). The van der Waals surface area contributed by atoms with E-state index in [0.29, 0.717) is 6.61 Å². The molecule has 0 spiro atoms. The van der Waals surface area contributed by atoms with Crippen molar-refractivity contribution < 1.29 is 14.6 Å². The van der Waals surface area contributed by atoms with Gasteiger partial charge >= 0.3 is 0 Å². The lowest BCUT2D eigenvalue weighted by molar-refractivity contribution is 0.0645. The van der Waals surface area contributed by atoms with Crippen LogP contribution in [0.1, 0.15) is 30.9 Å². The van der Waals surface area contributed by atoms with E-state index in [1.165, 1.54) is 11.1 Å². The standard InChI is InChI=1S/C22H29NO3.ClH/c1-2-25-20-12-11-16-7-6-8-17(13-18(16)14-20)22(23)21(24)15-26-19-9-4-3-5-10-19;/h3-5,9-12,14,17,21-22,24H,2,6-8,13,15,23H2,1H3;1H/t17?,21-,22?;/m1./s1. The second-order valence-electron chi connectivity index (χ2n) is 6.99. The van der Waals surface area contributed by atoms with Gasteiger partial charge in [-0.15, -0.1) is 12.4 Å². The molecule has 2 unspecified atom stereocenters. The van der Waals surface area contributed by atoms with Crippen LogP contribution in [-0.4, -0.2) is 30.5 Å². The Balaban J connectivity index is 0.00000261. The summed E-state index contributed by atoms with van der Waals surface area (Å²) in [6.07, 6.45) is 3.35. The number of halogens is 1. The van der Waals surface area contributed by atoms with Crippen molar-refractivity contribution in [2.45, 2.75) is 44.8 Å². The maximum Gasteiger partial charge on any atom is 0.119 e. The van der Waals surface area contributed by atoms with Gasteiger partial charge in [0.25, 0.3) is 0 Å². The van der Waals surface area contributed by atoms with Crippen molar-refractivity contribution in [3.05, 3.63) is 59.7 Å². The molecule has 0 saturated heterocycles. The third kappa shape index (κ3) is 5.86. The Labute approximate surface area is 168 Å². The Kier molecular flexibility index (Phi) is 8.42. The Hall–Kier alpha value is -1.75. The van der Waals surface area contributed by atoms with Gasteiger partial charge in [-0.25, -0.2) is 0 Å². The monoisotopic (exact) mass is 391 g/mol. The molecular weight excluding hydrogens is 362 g/mol. The van der Waals surface area contributed by atoms with Crippen molar-refractivity contribution in [3.8, 4) is 11.5 Å². The summed E-state index contributed by atoms with van der Waals surface area (Å²) in [5, 5.41) is 10.5. The maximum absolute atomic E-state index is 10.5. The van der Waals surface area contributed by atoms with E-state index in [-0.39, 0.29) is 31.0 Å². The van der Waals surface area contributed by atoms with Crippen molar-refractivity contribution in [2.75, 3.05) is 13.2 Å². The van der Waals surface area contributed by atoms with E-state index >= 15 is 0 Å². The average Bonchev–Trinajstić information content (AvgIpc) is 2.88. The highest BCUT2D eigenvalue weighted by Crippen LogP contribution is 2.30. The number of rotatable bonds is 7. The van der Waals surface area contributed by atoms with Gasteiger partial charge in [0.05, 0.1) is 6.61 Å². The Morgan fingerprint density at radius 3 is 2.59 bits per heavy atom. The summed E-state index contributed by atoms with van der Waals surface area (Å²) in [5.41, 5.74) is 9.09. The Bertz CT molecular complexity index is 695. The third-order valence-corrected chi connectivity index (χ3v) is 5.14. The fourth-order valence-electron chi connectivity index (χ4n) is 3.68. The number of nitrogens with two attached hydrogens (primary N) is 1. The van der Waals surface area contributed by atoms with Crippen molar-refractivity contribution >= 4 is 12.4 Å². The quantitative estimate of drug-likeness (QED) is 0.705. The first-order valence-corrected chi connectivity index (χ1v) is 9.53. The van der Waals surface area contributed by atoms with E-state index in [9.17, 15) is 5.11 Å². The van der Waals surface area contributed by atoms with Crippen LogP contribution in [0, 0.1) is 5.92 Å². The molecule has 0 aromatic heterocycles.